The summed E-state index contributed by atoms with van der Waals surface area (Å²) in [5.74, 6) is 5.39. The third-order valence-electron chi connectivity index (χ3n) is 3.03. The van der Waals surface area contributed by atoms with Crippen molar-refractivity contribution in [2.75, 3.05) is 0 Å². The van der Waals surface area contributed by atoms with Gasteiger partial charge in [0.2, 0.25) is 0 Å². The first-order valence-electron chi connectivity index (χ1n) is 6.48. The SMILES string of the molecule is CCCCC#Cc1ccc(C(=O)O)c2ccccc12. The minimum absolute atomic E-state index is 0.328. The molecule has 2 aromatic carbocycles. The zero-order valence-electron chi connectivity index (χ0n) is 10.9. The number of hydrogen-bond donors (Lipinski definition) is 1. The highest BCUT2D eigenvalue weighted by Gasteiger charge is 2.09. The molecular formula is C17H16O2. The van der Waals surface area contributed by atoms with Crippen molar-refractivity contribution in [2.24, 2.45) is 0 Å². The molecule has 0 amide bonds. The van der Waals surface area contributed by atoms with E-state index in [1.165, 1.54) is 0 Å². The number of carboxylic acid groups (broad SMARTS) is 1. The van der Waals surface area contributed by atoms with Crippen molar-refractivity contribution in [1.82, 2.24) is 0 Å². The lowest BCUT2D eigenvalue weighted by Crippen LogP contribution is -1.98. The van der Waals surface area contributed by atoms with Gasteiger partial charge < -0.3 is 5.11 Å². The topological polar surface area (TPSA) is 37.3 Å². The van der Waals surface area contributed by atoms with Gasteiger partial charge in [0.25, 0.3) is 0 Å². The Morgan fingerprint density at radius 2 is 1.89 bits per heavy atom. The van der Waals surface area contributed by atoms with Crippen LogP contribution < -0.4 is 0 Å². The van der Waals surface area contributed by atoms with Gasteiger partial charge in [0.05, 0.1) is 5.56 Å². The lowest BCUT2D eigenvalue weighted by Gasteiger charge is -2.04. The summed E-state index contributed by atoms with van der Waals surface area (Å²) in [4.78, 5) is 11.2. The van der Waals surface area contributed by atoms with Crippen LogP contribution in [-0.2, 0) is 0 Å². The van der Waals surface area contributed by atoms with Crippen molar-refractivity contribution in [3.05, 3.63) is 47.5 Å². The van der Waals surface area contributed by atoms with Crippen LogP contribution in [0.2, 0.25) is 0 Å². The third-order valence-corrected chi connectivity index (χ3v) is 3.03. The zero-order chi connectivity index (χ0) is 13.7. The minimum atomic E-state index is -0.901. The Morgan fingerprint density at radius 1 is 1.16 bits per heavy atom. The second-order valence-corrected chi connectivity index (χ2v) is 4.42. The number of aromatic carboxylic acids is 1. The molecule has 0 saturated carbocycles. The number of hydrogen-bond acceptors (Lipinski definition) is 1. The molecule has 2 aromatic rings. The fourth-order valence-electron chi connectivity index (χ4n) is 2.02. The van der Waals surface area contributed by atoms with Crippen molar-refractivity contribution < 1.29 is 9.90 Å². The van der Waals surface area contributed by atoms with E-state index in [2.05, 4.69) is 18.8 Å². The maximum absolute atomic E-state index is 11.2. The van der Waals surface area contributed by atoms with Crippen LogP contribution in [-0.4, -0.2) is 11.1 Å². The molecule has 96 valence electrons. The van der Waals surface area contributed by atoms with Crippen molar-refractivity contribution >= 4 is 16.7 Å². The molecule has 0 aliphatic heterocycles. The van der Waals surface area contributed by atoms with Crippen molar-refractivity contribution in [1.29, 1.82) is 0 Å². The van der Waals surface area contributed by atoms with Crippen LogP contribution in [0, 0.1) is 11.8 Å². The average Bonchev–Trinajstić information content (AvgIpc) is 2.43. The molecule has 2 nitrogen and oxygen atoms in total. The smallest absolute Gasteiger partial charge is 0.336 e. The Balaban J connectivity index is 2.49. The number of fused-ring (bicyclic) bond motifs is 1. The van der Waals surface area contributed by atoms with Crippen LogP contribution in [0.1, 0.15) is 42.1 Å². The lowest BCUT2D eigenvalue weighted by molar-refractivity contribution is 0.0699. The van der Waals surface area contributed by atoms with Gasteiger partial charge in [-0.1, -0.05) is 49.5 Å². The summed E-state index contributed by atoms with van der Waals surface area (Å²) in [5, 5.41) is 10.8. The Morgan fingerprint density at radius 3 is 2.58 bits per heavy atom. The Kier molecular flexibility index (Phi) is 4.20. The second-order valence-electron chi connectivity index (χ2n) is 4.42. The summed E-state index contributed by atoms with van der Waals surface area (Å²) in [7, 11) is 0. The summed E-state index contributed by atoms with van der Waals surface area (Å²) in [5.41, 5.74) is 1.23. The molecule has 2 heteroatoms. The predicted molar refractivity (Wildman–Crippen MR) is 77.3 cm³/mol. The van der Waals surface area contributed by atoms with Gasteiger partial charge in [0.15, 0.2) is 0 Å². The Bertz CT molecular complexity index is 660. The molecule has 0 bridgehead atoms. The molecule has 0 fully saturated rings. The number of rotatable bonds is 3. The molecule has 1 N–H and O–H groups in total. The molecule has 0 atom stereocenters. The fraction of sp³-hybridized carbons (Fsp3) is 0.235. The van der Waals surface area contributed by atoms with Crippen LogP contribution in [0.4, 0.5) is 0 Å². The quantitative estimate of drug-likeness (QED) is 0.660. The van der Waals surface area contributed by atoms with Crippen LogP contribution >= 0.6 is 0 Å². The molecular weight excluding hydrogens is 236 g/mol. The largest absolute Gasteiger partial charge is 0.478 e. The molecule has 0 aliphatic carbocycles. The second kappa shape index (κ2) is 6.06. The highest BCUT2D eigenvalue weighted by Crippen LogP contribution is 2.22. The Hall–Kier alpha value is -2.27. The van der Waals surface area contributed by atoms with E-state index in [9.17, 15) is 9.90 Å². The van der Waals surface area contributed by atoms with E-state index in [1.54, 1.807) is 12.1 Å². The zero-order valence-corrected chi connectivity index (χ0v) is 10.9. The van der Waals surface area contributed by atoms with Crippen molar-refractivity contribution in [2.45, 2.75) is 26.2 Å². The first-order valence-corrected chi connectivity index (χ1v) is 6.48. The molecule has 0 aromatic heterocycles. The van der Waals surface area contributed by atoms with Crippen molar-refractivity contribution in [3.8, 4) is 11.8 Å². The average molecular weight is 252 g/mol. The van der Waals surface area contributed by atoms with E-state index in [0.29, 0.717) is 5.56 Å². The normalized spacial score (nSPS) is 9.95. The third kappa shape index (κ3) is 2.95. The van der Waals surface area contributed by atoms with Gasteiger partial charge in [-0.3, -0.25) is 0 Å². The van der Waals surface area contributed by atoms with Gasteiger partial charge in [-0.2, -0.15) is 0 Å². The van der Waals surface area contributed by atoms with Gasteiger partial charge in [-0.05, 0) is 29.3 Å². The minimum Gasteiger partial charge on any atom is -0.478 e. The summed E-state index contributed by atoms with van der Waals surface area (Å²) >= 11 is 0. The molecule has 2 rings (SSSR count). The van der Waals surface area contributed by atoms with Gasteiger partial charge >= 0.3 is 5.97 Å². The molecule has 0 saturated heterocycles. The monoisotopic (exact) mass is 252 g/mol. The summed E-state index contributed by atoms with van der Waals surface area (Å²) in [6, 6.07) is 10.9. The predicted octanol–water partition coefficient (Wildman–Crippen LogP) is 4.08. The summed E-state index contributed by atoms with van der Waals surface area (Å²) in [6.45, 7) is 2.14. The van der Waals surface area contributed by atoms with E-state index in [1.807, 2.05) is 24.3 Å². The first kappa shape index (κ1) is 13.2. The van der Waals surface area contributed by atoms with E-state index in [4.69, 9.17) is 0 Å². The van der Waals surface area contributed by atoms with E-state index >= 15 is 0 Å². The standard InChI is InChI=1S/C17H16O2/c1-2-3-4-5-8-13-11-12-16(17(18)19)15-10-7-6-9-14(13)15/h6-7,9-12H,2-4H2,1H3,(H,18,19). The van der Waals surface area contributed by atoms with Crippen LogP contribution in [0.5, 0.6) is 0 Å². The number of carboxylic acids is 1. The Labute approximate surface area is 113 Å². The number of carbonyl (C=O) groups is 1. The van der Waals surface area contributed by atoms with Crippen LogP contribution in [0.15, 0.2) is 36.4 Å². The highest BCUT2D eigenvalue weighted by atomic mass is 16.4. The van der Waals surface area contributed by atoms with Gasteiger partial charge in [0, 0.05) is 12.0 Å². The van der Waals surface area contributed by atoms with E-state index in [-0.39, 0.29) is 0 Å². The lowest BCUT2D eigenvalue weighted by atomic mass is 9.99. The number of benzene rings is 2. The molecule has 0 spiro atoms. The van der Waals surface area contributed by atoms with Gasteiger partial charge in [0.1, 0.15) is 0 Å². The molecule has 0 aliphatic rings. The van der Waals surface area contributed by atoms with E-state index in [0.717, 1.165) is 35.6 Å². The van der Waals surface area contributed by atoms with Gasteiger partial charge in [-0.15, -0.1) is 0 Å². The number of unbranched alkanes of at least 4 members (excludes halogenated alkanes) is 2. The maximum atomic E-state index is 11.2. The fourth-order valence-corrected chi connectivity index (χ4v) is 2.02. The van der Waals surface area contributed by atoms with E-state index < -0.39 is 5.97 Å². The molecule has 0 radical (unpaired) electrons. The summed E-state index contributed by atoms with van der Waals surface area (Å²) in [6.07, 6.45) is 3.11. The summed E-state index contributed by atoms with van der Waals surface area (Å²) < 4.78 is 0. The highest BCUT2D eigenvalue weighted by molar-refractivity contribution is 6.05. The molecule has 0 unspecified atom stereocenters. The first-order chi connectivity index (χ1) is 9.24. The van der Waals surface area contributed by atoms with Crippen LogP contribution in [0.25, 0.3) is 10.8 Å². The van der Waals surface area contributed by atoms with Crippen molar-refractivity contribution in [3.63, 3.8) is 0 Å². The molecule has 0 heterocycles. The van der Waals surface area contributed by atoms with Crippen LogP contribution in [0.3, 0.4) is 0 Å². The van der Waals surface area contributed by atoms with Gasteiger partial charge in [-0.25, -0.2) is 4.79 Å². The molecule has 19 heavy (non-hydrogen) atoms. The maximum Gasteiger partial charge on any atom is 0.336 e.